The molecular formula is C14H16O3S. The van der Waals surface area contributed by atoms with Crippen LogP contribution in [0.2, 0.25) is 0 Å². The molecule has 0 saturated carbocycles. The van der Waals surface area contributed by atoms with Crippen molar-refractivity contribution in [3.8, 4) is 5.75 Å². The second-order valence-electron chi connectivity index (χ2n) is 4.59. The lowest BCUT2D eigenvalue weighted by atomic mass is 9.94. The van der Waals surface area contributed by atoms with E-state index in [2.05, 4.69) is 0 Å². The Labute approximate surface area is 110 Å². The third-order valence-corrected chi connectivity index (χ3v) is 4.23. The number of carboxylic acids is 1. The van der Waals surface area contributed by atoms with Crippen LogP contribution in [0.25, 0.3) is 10.1 Å². The predicted octanol–water partition coefficient (Wildman–Crippen LogP) is 3.73. The second-order valence-corrected chi connectivity index (χ2v) is 5.67. The van der Waals surface area contributed by atoms with Crippen molar-refractivity contribution in [1.82, 2.24) is 0 Å². The molecule has 96 valence electrons. The highest BCUT2D eigenvalue weighted by Gasteiger charge is 2.25. The first kappa shape index (κ1) is 12.9. The topological polar surface area (TPSA) is 46.5 Å². The van der Waals surface area contributed by atoms with Crippen LogP contribution >= 0.6 is 11.3 Å². The number of carbonyl (C=O) groups is 1. The van der Waals surface area contributed by atoms with Gasteiger partial charge in [0.15, 0.2) is 0 Å². The van der Waals surface area contributed by atoms with Gasteiger partial charge in [-0.05, 0) is 23.4 Å². The summed E-state index contributed by atoms with van der Waals surface area (Å²) >= 11 is 1.51. The molecule has 0 amide bonds. The van der Waals surface area contributed by atoms with Crippen molar-refractivity contribution >= 4 is 27.4 Å². The summed E-state index contributed by atoms with van der Waals surface area (Å²) < 4.78 is 6.32. The van der Waals surface area contributed by atoms with Crippen molar-refractivity contribution in [1.29, 1.82) is 0 Å². The maximum atomic E-state index is 11.3. The Hall–Kier alpha value is -1.55. The van der Waals surface area contributed by atoms with Gasteiger partial charge in [-0.15, -0.1) is 11.3 Å². The first-order chi connectivity index (χ1) is 8.54. The van der Waals surface area contributed by atoms with Crippen LogP contribution in [0.5, 0.6) is 5.75 Å². The number of hydrogen-bond acceptors (Lipinski definition) is 3. The van der Waals surface area contributed by atoms with E-state index < -0.39 is 11.9 Å². The molecule has 0 spiro atoms. The average Bonchev–Trinajstić information content (AvgIpc) is 2.70. The molecule has 1 aromatic heterocycles. The molecule has 0 saturated heterocycles. The maximum absolute atomic E-state index is 11.3. The molecule has 3 nitrogen and oxygen atoms in total. The van der Waals surface area contributed by atoms with Gasteiger partial charge in [0.05, 0.1) is 17.7 Å². The van der Waals surface area contributed by atoms with Crippen molar-refractivity contribution in [3.05, 3.63) is 29.1 Å². The van der Waals surface area contributed by atoms with Crippen LogP contribution in [0.3, 0.4) is 0 Å². The van der Waals surface area contributed by atoms with E-state index in [1.54, 1.807) is 7.11 Å². The number of hydrogen-bond donors (Lipinski definition) is 1. The predicted molar refractivity (Wildman–Crippen MR) is 73.6 cm³/mol. The van der Waals surface area contributed by atoms with Gasteiger partial charge >= 0.3 is 5.97 Å². The van der Waals surface area contributed by atoms with Crippen LogP contribution in [-0.4, -0.2) is 18.2 Å². The molecule has 2 aromatic rings. The lowest BCUT2D eigenvalue weighted by molar-refractivity contribution is -0.139. The summed E-state index contributed by atoms with van der Waals surface area (Å²) in [6.07, 6.45) is 0. The molecule has 1 heterocycles. The zero-order valence-corrected chi connectivity index (χ0v) is 11.5. The summed E-state index contributed by atoms with van der Waals surface area (Å²) in [6.45, 7) is 3.86. The Morgan fingerprint density at radius 1 is 1.39 bits per heavy atom. The van der Waals surface area contributed by atoms with Crippen LogP contribution in [-0.2, 0) is 4.79 Å². The van der Waals surface area contributed by atoms with E-state index in [0.717, 1.165) is 20.7 Å². The second kappa shape index (κ2) is 4.98. The molecule has 1 N–H and O–H groups in total. The fourth-order valence-corrected chi connectivity index (χ4v) is 3.52. The van der Waals surface area contributed by atoms with Crippen LogP contribution in [0.1, 0.15) is 24.6 Å². The van der Waals surface area contributed by atoms with E-state index in [0.29, 0.717) is 0 Å². The van der Waals surface area contributed by atoms with Crippen molar-refractivity contribution in [3.63, 3.8) is 0 Å². The van der Waals surface area contributed by atoms with E-state index in [1.807, 2.05) is 38.1 Å². The van der Waals surface area contributed by atoms with Crippen LogP contribution < -0.4 is 4.74 Å². The third-order valence-electron chi connectivity index (χ3n) is 2.99. The van der Waals surface area contributed by atoms with E-state index in [1.165, 1.54) is 11.3 Å². The molecule has 0 fully saturated rings. The average molecular weight is 264 g/mol. The van der Waals surface area contributed by atoms with Gasteiger partial charge in [-0.25, -0.2) is 0 Å². The van der Waals surface area contributed by atoms with Crippen molar-refractivity contribution in [2.75, 3.05) is 7.11 Å². The minimum absolute atomic E-state index is 0.0709. The molecular weight excluding hydrogens is 248 g/mol. The Bertz CT molecular complexity index is 571. The molecule has 0 aliphatic carbocycles. The molecule has 0 aliphatic heterocycles. The number of rotatable bonds is 4. The van der Waals surface area contributed by atoms with Crippen LogP contribution in [0, 0.1) is 5.92 Å². The molecule has 0 bridgehead atoms. The number of carboxylic acid groups (broad SMARTS) is 1. The monoisotopic (exact) mass is 264 g/mol. The summed E-state index contributed by atoms with van der Waals surface area (Å²) in [5.74, 6) is -0.346. The maximum Gasteiger partial charge on any atom is 0.312 e. The molecule has 4 heteroatoms. The number of methoxy groups -OCH3 is 1. The van der Waals surface area contributed by atoms with Crippen molar-refractivity contribution < 1.29 is 14.6 Å². The van der Waals surface area contributed by atoms with E-state index >= 15 is 0 Å². The van der Waals surface area contributed by atoms with Crippen LogP contribution in [0.4, 0.5) is 0 Å². The van der Waals surface area contributed by atoms with Gasteiger partial charge in [0.2, 0.25) is 0 Å². The van der Waals surface area contributed by atoms with Gasteiger partial charge in [0.1, 0.15) is 5.75 Å². The Morgan fingerprint density at radius 3 is 2.67 bits per heavy atom. The number of aliphatic carboxylic acids is 1. The highest BCUT2D eigenvalue weighted by atomic mass is 32.1. The Morgan fingerprint density at radius 2 is 2.11 bits per heavy atom. The smallest absolute Gasteiger partial charge is 0.312 e. The summed E-state index contributed by atoms with van der Waals surface area (Å²) in [7, 11) is 1.63. The minimum atomic E-state index is -0.768. The minimum Gasteiger partial charge on any atom is -0.495 e. The molecule has 2 rings (SSSR count). The molecule has 1 atom stereocenters. The third kappa shape index (κ3) is 2.20. The molecule has 18 heavy (non-hydrogen) atoms. The molecule has 0 aliphatic rings. The lowest BCUT2D eigenvalue weighted by Gasteiger charge is -2.13. The fourth-order valence-electron chi connectivity index (χ4n) is 2.11. The zero-order chi connectivity index (χ0) is 13.3. The first-order valence-electron chi connectivity index (χ1n) is 5.84. The number of ether oxygens (including phenoxy) is 1. The van der Waals surface area contributed by atoms with Gasteiger partial charge < -0.3 is 9.84 Å². The van der Waals surface area contributed by atoms with Crippen LogP contribution in [0.15, 0.2) is 24.3 Å². The first-order valence-corrected chi connectivity index (χ1v) is 6.65. The quantitative estimate of drug-likeness (QED) is 0.915. The number of benzene rings is 1. The Kier molecular flexibility index (Phi) is 3.57. The summed E-state index contributed by atoms with van der Waals surface area (Å²) in [6, 6.07) is 7.76. The summed E-state index contributed by atoms with van der Waals surface area (Å²) in [5.41, 5.74) is 0. The highest BCUT2D eigenvalue weighted by molar-refractivity contribution is 7.19. The summed E-state index contributed by atoms with van der Waals surface area (Å²) in [5, 5.41) is 10.4. The van der Waals surface area contributed by atoms with Gasteiger partial charge in [-0.1, -0.05) is 26.0 Å². The van der Waals surface area contributed by atoms with E-state index in [9.17, 15) is 9.90 Å². The zero-order valence-electron chi connectivity index (χ0n) is 10.6. The van der Waals surface area contributed by atoms with Gasteiger partial charge in [-0.3, -0.25) is 4.79 Å². The van der Waals surface area contributed by atoms with Crippen molar-refractivity contribution in [2.45, 2.75) is 19.8 Å². The normalized spacial score (nSPS) is 12.9. The van der Waals surface area contributed by atoms with Gasteiger partial charge in [0, 0.05) is 4.88 Å². The SMILES string of the molecule is COc1cccc2cc(C(C(=O)O)C(C)C)sc12. The van der Waals surface area contributed by atoms with Gasteiger partial charge in [-0.2, -0.15) is 0 Å². The standard InChI is InChI=1S/C14H16O3S/c1-8(2)12(14(15)16)11-7-9-5-4-6-10(17-3)13(9)18-11/h4-8,12H,1-3H3,(H,15,16). The van der Waals surface area contributed by atoms with E-state index in [4.69, 9.17) is 4.74 Å². The highest BCUT2D eigenvalue weighted by Crippen LogP contribution is 2.38. The molecule has 1 unspecified atom stereocenters. The fraction of sp³-hybridized carbons (Fsp3) is 0.357. The van der Waals surface area contributed by atoms with Crippen molar-refractivity contribution in [2.24, 2.45) is 5.92 Å². The van der Waals surface area contributed by atoms with E-state index in [-0.39, 0.29) is 5.92 Å². The Balaban J connectivity index is 2.55. The number of thiophene rings is 1. The molecule has 1 aromatic carbocycles. The largest absolute Gasteiger partial charge is 0.495 e. The molecule has 0 radical (unpaired) electrons. The van der Waals surface area contributed by atoms with Gasteiger partial charge in [0.25, 0.3) is 0 Å². The number of fused-ring (bicyclic) bond motifs is 1. The lowest BCUT2D eigenvalue weighted by Crippen LogP contribution is -2.16. The summed E-state index contributed by atoms with van der Waals surface area (Å²) in [4.78, 5) is 12.2.